The molecule has 2 heterocycles. The molecule has 0 radical (unpaired) electrons. The van der Waals surface area contributed by atoms with E-state index in [0.717, 1.165) is 31.2 Å². The molecule has 1 saturated heterocycles. The molecule has 1 atom stereocenters. The number of hydrogen-bond donors (Lipinski definition) is 2. The average molecular weight is 326 g/mol. The van der Waals surface area contributed by atoms with Crippen molar-refractivity contribution in [2.45, 2.75) is 63.0 Å². The number of aryl methyl sites for hydroxylation is 1. The predicted molar refractivity (Wildman–Crippen MR) is 94.9 cm³/mol. The molecule has 24 heavy (non-hydrogen) atoms. The Morgan fingerprint density at radius 3 is 2.96 bits per heavy atom. The van der Waals surface area contributed by atoms with Crippen LogP contribution in [0, 0.1) is 0 Å². The summed E-state index contributed by atoms with van der Waals surface area (Å²) in [6.45, 7) is 0.679. The van der Waals surface area contributed by atoms with Crippen LogP contribution in [-0.4, -0.2) is 29.1 Å². The Morgan fingerprint density at radius 1 is 1.25 bits per heavy atom. The fourth-order valence-corrected chi connectivity index (χ4v) is 4.37. The number of nitrogens with one attached hydrogen (secondary N) is 2. The Hall–Kier alpha value is -1.81. The van der Waals surface area contributed by atoms with Gasteiger partial charge in [-0.15, -0.1) is 0 Å². The Morgan fingerprint density at radius 2 is 2.08 bits per heavy atom. The van der Waals surface area contributed by atoms with E-state index >= 15 is 0 Å². The molecule has 1 aromatic heterocycles. The van der Waals surface area contributed by atoms with Crippen LogP contribution in [0.4, 0.5) is 0 Å². The van der Waals surface area contributed by atoms with Crippen molar-refractivity contribution in [3.05, 3.63) is 36.0 Å². The van der Waals surface area contributed by atoms with E-state index in [4.69, 9.17) is 4.74 Å². The van der Waals surface area contributed by atoms with E-state index in [1.54, 1.807) is 0 Å². The maximum atomic E-state index is 12.3. The van der Waals surface area contributed by atoms with Crippen molar-refractivity contribution in [3.8, 4) is 0 Å². The summed E-state index contributed by atoms with van der Waals surface area (Å²) in [6, 6.07) is 8.43. The normalized spacial score (nSPS) is 22.9. The SMILES string of the molecule is O=C(CCc1c[nH]c2ccccc12)N[C@@H]1COC2(CCCCC2)C1. The van der Waals surface area contributed by atoms with Crippen molar-refractivity contribution < 1.29 is 9.53 Å². The molecule has 4 rings (SSSR count). The van der Waals surface area contributed by atoms with Gasteiger partial charge in [0.15, 0.2) is 0 Å². The number of rotatable bonds is 4. The number of carbonyl (C=O) groups excluding carboxylic acids is 1. The first kappa shape index (κ1) is 15.7. The highest BCUT2D eigenvalue weighted by Crippen LogP contribution is 2.39. The zero-order chi connectivity index (χ0) is 16.4. The van der Waals surface area contributed by atoms with Gasteiger partial charge in [-0.3, -0.25) is 4.79 Å². The smallest absolute Gasteiger partial charge is 0.220 e. The van der Waals surface area contributed by atoms with Gasteiger partial charge in [0.25, 0.3) is 0 Å². The number of ether oxygens (including phenoxy) is 1. The Bertz CT molecular complexity index is 715. The molecule has 1 spiro atoms. The van der Waals surface area contributed by atoms with Crippen LogP contribution < -0.4 is 5.32 Å². The number of carbonyl (C=O) groups is 1. The summed E-state index contributed by atoms with van der Waals surface area (Å²) < 4.78 is 6.08. The van der Waals surface area contributed by atoms with Gasteiger partial charge in [-0.25, -0.2) is 0 Å². The van der Waals surface area contributed by atoms with Gasteiger partial charge in [-0.05, 0) is 37.3 Å². The summed E-state index contributed by atoms with van der Waals surface area (Å²) in [5, 5.41) is 4.41. The van der Waals surface area contributed by atoms with Crippen LogP contribution in [0.3, 0.4) is 0 Å². The summed E-state index contributed by atoms with van der Waals surface area (Å²) in [6.07, 6.45) is 10.5. The summed E-state index contributed by atoms with van der Waals surface area (Å²) in [5.74, 6) is 0.141. The molecule has 0 bridgehead atoms. The van der Waals surface area contributed by atoms with Crippen molar-refractivity contribution in [1.29, 1.82) is 0 Å². The molecule has 128 valence electrons. The Balaban J connectivity index is 1.29. The third-order valence-electron chi connectivity index (χ3n) is 5.64. The molecule has 2 N–H and O–H groups in total. The standard InChI is InChI=1S/C20H26N2O2/c23-19(9-8-15-13-21-18-7-3-2-6-17(15)18)22-16-12-20(24-14-16)10-4-1-5-11-20/h2-3,6-7,13,16,21H,1,4-5,8-12,14H2,(H,22,23)/t16-/m0/s1. The van der Waals surface area contributed by atoms with Crippen molar-refractivity contribution in [3.63, 3.8) is 0 Å². The third kappa shape index (κ3) is 3.20. The molecule has 1 saturated carbocycles. The van der Waals surface area contributed by atoms with Gasteiger partial charge in [0.2, 0.25) is 5.91 Å². The van der Waals surface area contributed by atoms with Gasteiger partial charge >= 0.3 is 0 Å². The lowest BCUT2D eigenvalue weighted by molar-refractivity contribution is -0.121. The molecule has 2 aliphatic rings. The highest BCUT2D eigenvalue weighted by atomic mass is 16.5. The van der Waals surface area contributed by atoms with E-state index in [2.05, 4.69) is 22.4 Å². The van der Waals surface area contributed by atoms with Gasteiger partial charge in [-0.1, -0.05) is 37.5 Å². The maximum Gasteiger partial charge on any atom is 0.220 e. The molecule has 2 aromatic rings. The molecule has 1 aromatic carbocycles. The first-order chi connectivity index (χ1) is 11.7. The monoisotopic (exact) mass is 326 g/mol. The molecule has 4 heteroatoms. The van der Waals surface area contributed by atoms with E-state index in [9.17, 15) is 4.79 Å². The van der Waals surface area contributed by atoms with Crippen molar-refractivity contribution in [2.75, 3.05) is 6.61 Å². The fraction of sp³-hybridized carbons (Fsp3) is 0.550. The maximum absolute atomic E-state index is 12.3. The second-order valence-corrected chi connectivity index (χ2v) is 7.38. The van der Waals surface area contributed by atoms with E-state index in [0.29, 0.717) is 13.0 Å². The largest absolute Gasteiger partial charge is 0.373 e. The first-order valence-electron chi connectivity index (χ1n) is 9.22. The Labute approximate surface area is 143 Å². The topological polar surface area (TPSA) is 54.1 Å². The van der Waals surface area contributed by atoms with Gasteiger partial charge in [0.1, 0.15) is 0 Å². The van der Waals surface area contributed by atoms with Crippen molar-refractivity contribution >= 4 is 16.8 Å². The van der Waals surface area contributed by atoms with Gasteiger partial charge in [0.05, 0.1) is 18.2 Å². The van der Waals surface area contributed by atoms with Crippen molar-refractivity contribution in [1.82, 2.24) is 10.3 Å². The van der Waals surface area contributed by atoms with E-state index in [1.807, 2.05) is 18.3 Å². The van der Waals surface area contributed by atoms with Crippen LogP contribution in [-0.2, 0) is 16.0 Å². The molecular weight excluding hydrogens is 300 g/mol. The molecule has 0 unspecified atom stereocenters. The highest BCUT2D eigenvalue weighted by Gasteiger charge is 2.41. The van der Waals surface area contributed by atoms with E-state index in [-0.39, 0.29) is 17.6 Å². The van der Waals surface area contributed by atoms with Crippen LogP contribution in [0.1, 0.15) is 50.5 Å². The summed E-state index contributed by atoms with van der Waals surface area (Å²) in [5.41, 5.74) is 2.41. The average Bonchev–Trinajstić information content (AvgIpc) is 3.18. The quantitative estimate of drug-likeness (QED) is 0.900. The van der Waals surface area contributed by atoms with E-state index < -0.39 is 0 Å². The third-order valence-corrected chi connectivity index (χ3v) is 5.64. The summed E-state index contributed by atoms with van der Waals surface area (Å²) in [7, 11) is 0. The molecular formula is C20H26N2O2. The number of fused-ring (bicyclic) bond motifs is 1. The number of benzene rings is 1. The number of hydrogen-bond acceptors (Lipinski definition) is 2. The zero-order valence-corrected chi connectivity index (χ0v) is 14.1. The number of aromatic amines is 1. The first-order valence-corrected chi connectivity index (χ1v) is 9.22. The predicted octanol–water partition coefficient (Wildman–Crippen LogP) is 3.71. The van der Waals surface area contributed by atoms with Gasteiger partial charge in [-0.2, -0.15) is 0 Å². The molecule has 1 amide bonds. The van der Waals surface area contributed by atoms with Crippen LogP contribution in [0.2, 0.25) is 0 Å². The lowest BCUT2D eigenvalue weighted by Gasteiger charge is -2.32. The number of para-hydroxylation sites is 1. The van der Waals surface area contributed by atoms with Crippen LogP contribution in [0.15, 0.2) is 30.5 Å². The minimum Gasteiger partial charge on any atom is -0.373 e. The van der Waals surface area contributed by atoms with Crippen LogP contribution >= 0.6 is 0 Å². The van der Waals surface area contributed by atoms with Crippen LogP contribution in [0.25, 0.3) is 10.9 Å². The molecule has 1 aliphatic carbocycles. The second kappa shape index (κ2) is 6.60. The zero-order valence-electron chi connectivity index (χ0n) is 14.1. The summed E-state index contributed by atoms with van der Waals surface area (Å²) >= 11 is 0. The minimum atomic E-state index is 0.0625. The number of aromatic nitrogens is 1. The molecule has 2 fully saturated rings. The van der Waals surface area contributed by atoms with Crippen LogP contribution in [0.5, 0.6) is 0 Å². The van der Waals surface area contributed by atoms with E-state index in [1.165, 1.54) is 30.2 Å². The highest BCUT2D eigenvalue weighted by molar-refractivity contribution is 5.84. The van der Waals surface area contributed by atoms with Crippen molar-refractivity contribution in [2.24, 2.45) is 0 Å². The lowest BCUT2D eigenvalue weighted by Crippen LogP contribution is -2.37. The molecule has 1 aliphatic heterocycles. The lowest BCUT2D eigenvalue weighted by atomic mass is 9.82. The minimum absolute atomic E-state index is 0.0625. The fourth-order valence-electron chi connectivity index (χ4n) is 4.37. The Kier molecular flexibility index (Phi) is 4.31. The van der Waals surface area contributed by atoms with Gasteiger partial charge in [0, 0.05) is 23.5 Å². The van der Waals surface area contributed by atoms with Gasteiger partial charge < -0.3 is 15.0 Å². The number of H-pyrrole nitrogens is 1. The second-order valence-electron chi connectivity index (χ2n) is 7.38. The molecule has 4 nitrogen and oxygen atoms in total. The summed E-state index contributed by atoms with van der Waals surface area (Å²) in [4.78, 5) is 15.6. The number of amides is 1.